The third-order valence-electron chi connectivity index (χ3n) is 6.88. The third kappa shape index (κ3) is 6.22. The minimum Gasteiger partial charge on any atom is -0.480 e. The zero-order chi connectivity index (χ0) is 29.1. The maximum Gasteiger partial charge on any atom is 0.326 e. The molecule has 1 atom stereocenters. The second kappa shape index (κ2) is 12.3. The van der Waals surface area contributed by atoms with Gasteiger partial charge in [-0.05, 0) is 66.4 Å². The zero-order valence-corrected chi connectivity index (χ0v) is 23.8. The molecule has 12 heteroatoms. The Hall–Kier alpha value is -3.92. The van der Waals surface area contributed by atoms with Crippen LogP contribution in [0.15, 0.2) is 60.9 Å². The fourth-order valence-electron chi connectivity index (χ4n) is 4.78. The first kappa shape index (κ1) is 28.6. The van der Waals surface area contributed by atoms with Crippen LogP contribution in [0, 0.1) is 0 Å². The molecule has 0 radical (unpaired) electrons. The summed E-state index contributed by atoms with van der Waals surface area (Å²) in [6.07, 6.45) is 1.90. The summed E-state index contributed by atoms with van der Waals surface area (Å²) < 4.78 is 0. The van der Waals surface area contributed by atoms with Gasteiger partial charge in [0.25, 0.3) is 11.8 Å². The summed E-state index contributed by atoms with van der Waals surface area (Å²) in [6.45, 7) is 0.874. The Balaban J connectivity index is 1.27. The molecule has 0 saturated carbocycles. The number of hydrogen-bond acceptors (Lipinski definition) is 6. The monoisotopic (exact) mass is 611 g/mol. The molecule has 0 bridgehead atoms. The molecule has 1 aliphatic rings. The van der Waals surface area contributed by atoms with E-state index in [2.05, 4.69) is 20.6 Å². The molecule has 0 fully saturated rings. The summed E-state index contributed by atoms with van der Waals surface area (Å²) in [5.74, 6) is -1.48. The molecule has 41 heavy (non-hydrogen) atoms. The third-order valence-corrected chi connectivity index (χ3v) is 7.85. The lowest BCUT2D eigenvalue weighted by molar-refractivity contribution is -0.139. The van der Waals surface area contributed by atoms with Gasteiger partial charge in [0.15, 0.2) is 0 Å². The predicted molar refractivity (Wildman–Crippen MR) is 158 cm³/mol. The number of fused-ring (bicyclic) bond motifs is 2. The Morgan fingerprint density at radius 2 is 1.78 bits per heavy atom. The molecule has 210 valence electrons. The molecule has 4 aromatic rings. The van der Waals surface area contributed by atoms with Crippen molar-refractivity contribution in [3.63, 3.8) is 0 Å². The normalized spacial score (nSPS) is 13.4. The number of carbonyl (C=O) groups is 3. The van der Waals surface area contributed by atoms with E-state index in [9.17, 15) is 19.5 Å². The lowest BCUT2D eigenvalue weighted by Crippen LogP contribution is -2.42. The van der Waals surface area contributed by atoms with E-state index in [-0.39, 0.29) is 41.0 Å². The van der Waals surface area contributed by atoms with Crippen molar-refractivity contribution in [2.24, 2.45) is 0 Å². The highest BCUT2D eigenvalue weighted by Gasteiger charge is 2.29. The maximum absolute atomic E-state index is 13.2. The van der Waals surface area contributed by atoms with Gasteiger partial charge in [-0.3, -0.25) is 9.59 Å². The molecule has 1 aliphatic heterocycles. The Labute approximate surface area is 250 Å². The smallest absolute Gasteiger partial charge is 0.326 e. The van der Waals surface area contributed by atoms with Crippen molar-refractivity contribution in [3.8, 4) is 0 Å². The molecule has 3 N–H and O–H groups in total. The molecule has 5 rings (SSSR count). The van der Waals surface area contributed by atoms with Gasteiger partial charge in [0, 0.05) is 35.6 Å². The number of carboxylic acids is 1. The van der Waals surface area contributed by atoms with Crippen LogP contribution in [-0.2, 0) is 17.8 Å². The lowest BCUT2D eigenvalue weighted by atomic mass is 9.96. The van der Waals surface area contributed by atoms with Crippen molar-refractivity contribution in [1.29, 1.82) is 0 Å². The van der Waals surface area contributed by atoms with E-state index in [4.69, 9.17) is 34.8 Å². The highest BCUT2D eigenvalue weighted by atomic mass is 35.5. The van der Waals surface area contributed by atoms with Crippen LogP contribution in [0.3, 0.4) is 0 Å². The van der Waals surface area contributed by atoms with Crippen molar-refractivity contribution < 1.29 is 19.5 Å². The largest absolute Gasteiger partial charge is 0.480 e. The summed E-state index contributed by atoms with van der Waals surface area (Å²) in [4.78, 5) is 48.3. The SMILES string of the molecule is O=C(N[C@@H](CCNc1ncnc2ccccc12)C(=O)O)c1c(Cl)cc2c(c1Cl)CCN(C(=O)c1ccc(Cl)cc1)C2. The number of halogens is 3. The van der Waals surface area contributed by atoms with Gasteiger partial charge in [0.2, 0.25) is 0 Å². The fraction of sp³-hybridized carbons (Fsp3) is 0.207. The van der Waals surface area contributed by atoms with E-state index < -0.39 is 17.9 Å². The topological polar surface area (TPSA) is 125 Å². The van der Waals surface area contributed by atoms with Gasteiger partial charge < -0.3 is 20.6 Å². The van der Waals surface area contributed by atoms with Gasteiger partial charge in [-0.25, -0.2) is 14.8 Å². The number of carboxylic acid groups (broad SMARTS) is 1. The van der Waals surface area contributed by atoms with Crippen molar-refractivity contribution in [1.82, 2.24) is 20.2 Å². The van der Waals surface area contributed by atoms with Crippen LogP contribution in [0.1, 0.15) is 38.3 Å². The number of benzene rings is 3. The van der Waals surface area contributed by atoms with Gasteiger partial charge in [0.05, 0.1) is 21.1 Å². The number of carbonyl (C=O) groups excluding carboxylic acids is 2. The van der Waals surface area contributed by atoms with E-state index in [1.54, 1.807) is 35.2 Å². The Morgan fingerprint density at radius 1 is 1.02 bits per heavy atom. The van der Waals surface area contributed by atoms with E-state index in [1.165, 1.54) is 6.33 Å². The number of hydrogen-bond donors (Lipinski definition) is 3. The molecule has 1 aromatic heterocycles. The van der Waals surface area contributed by atoms with Gasteiger partial charge in [-0.15, -0.1) is 0 Å². The van der Waals surface area contributed by atoms with Crippen molar-refractivity contribution >= 4 is 69.3 Å². The van der Waals surface area contributed by atoms with Crippen LogP contribution in [0.25, 0.3) is 10.9 Å². The van der Waals surface area contributed by atoms with Crippen LogP contribution in [0.2, 0.25) is 15.1 Å². The summed E-state index contributed by atoms with van der Waals surface area (Å²) in [7, 11) is 0. The molecular formula is C29H24Cl3N5O4. The fourth-order valence-corrected chi connectivity index (χ4v) is 5.67. The number of rotatable bonds is 8. The number of anilines is 1. The molecule has 2 amide bonds. The first-order chi connectivity index (χ1) is 19.7. The average molecular weight is 613 g/mol. The van der Waals surface area contributed by atoms with Crippen molar-refractivity contribution in [2.45, 2.75) is 25.4 Å². The van der Waals surface area contributed by atoms with Crippen LogP contribution in [0.5, 0.6) is 0 Å². The minimum absolute atomic E-state index is 0.00515. The van der Waals surface area contributed by atoms with Crippen LogP contribution < -0.4 is 10.6 Å². The summed E-state index contributed by atoms with van der Waals surface area (Å²) in [6, 6.07) is 14.5. The molecule has 0 spiro atoms. The number of aliphatic carboxylic acids is 1. The zero-order valence-electron chi connectivity index (χ0n) is 21.5. The van der Waals surface area contributed by atoms with Gasteiger partial charge in [-0.2, -0.15) is 0 Å². The van der Waals surface area contributed by atoms with Gasteiger partial charge in [-0.1, -0.05) is 46.9 Å². The van der Waals surface area contributed by atoms with E-state index in [0.29, 0.717) is 34.9 Å². The van der Waals surface area contributed by atoms with Crippen LogP contribution in [0.4, 0.5) is 5.82 Å². The number of amides is 2. The first-order valence-electron chi connectivity index (χ1n) is 12.7. The first-order valence-corrected chi connectivity index (χ1v) is 13.9. The van der Waals surface area contributed by atoms with E-state index >= 15 is 0 Å². The highest BCUT2D eigenvalue weighted by Crippen LogP contribution is 2.35. The molecule has 3 aromatic carbocycles. The molecule has 9 nitrogen and oxygen atoms in total. The predicted octanol–water partition coefficient (Wildman–Crippen LogP) is 5.47. The number of para-hydroxylation sites is 1. The van der Waals surface area contributed by atoms with Crippen molar-refractivity contribution in [2.75, 3.05) is 18.4 Å². The summed E-state index contributed by atoms with van der Waals surface area (Å²) in [5.41, 5.74) is 2.69. The standard InChI is InChI=1S/C29H24Cl3N5O4/c30-18-7-5-16(6-8-18)28(39)37-12-10-19-17(14-37)13-21(31)24(25(19)32)27(38)36-23(29(40)41)9-11-33-26-20-3-1-2-4-22(20)34-15-35-26/h1-8,13,15,23H,9-12,14H2,(H,36,38)(H,40,41)(H,33,34,35)/t23-/m0/s1. The van der Waals surface area contributed by atoms with E-state index in [1.807, 2.05) is 24.3 Å². The quantitative estimate of drug-likeness (QED) is 0.241. The molecule has 0 aliphatic carbocycles. The second-order valence-electron chi connectivity index (χ2n) is 9.49. The Bertz CT molecular complexity index is 1640. The van der Waals surface area contributed by atoms with Gasteiger partial charge in [0.1, 0.15) is 18.2 Å². The van der Waals surface area contributed by atoms with Crippen LogP contribution in [-0.4, -0.2) is 56.9 Å². The Kier molecular flexibility index (Phi) is 8.58. The highest BCUT2D eigenvalue weighted by molar-refractivity contribution is 6.40. The summed E-state index contributed by atoms with van der Waals surface area (Å²) in [5, 5.41) is 17.0. The molecule has 2 heterocycles. The number of nitrogens with zero attached hydrogens (tertiary/aromatic N) is 3. The number of nitrogens with one attached hydrogen (secondary N) is 2. The lowest BCUT2D eigenvalue weighted by Gasteiger charge is -2.30. The van der Waals surface area contributed by atoms with Crippen LogP contribution >= 0.6 is 34.8 Å². The second-order valence-corrected chi connectivity index (χ2v) is 10.7. The summed E-state index contributed by atoms with van der Waals surface area (Å²) >= 11 is 19.1. The van der Waals surface area contributed by atoms with Crippen molar-refractivity contribution in [3.05, 3.63) is 98.2 Å². The number of aromatic nitrogens is 2. The molecular weight excluding hydrogens is 589 g/mol. The molecule has 0 unspecified atom stereocenters. The molecule has 0 saturated heterocycles. The minimum atomic E-state index is -1.21. The van der Waals surface area contributed by atoms with Gasteiger partial charge >= 0.3 is 5.97 Å². The van der Waals surface area contributed by atoms with E-state index in [0.717, 1.165) is 16.5 Å². The maximum atomic E-state index is 13.2. The Morgan fingerprint density at radius 3 is 2.54 bits per heavy atom. The average Bonchev–Trinajstić information content (AvgIpc) is 2.96.